The molecule has 0 aromatic heterocycles. The minimum atomic E-state index is -0.0451. The monoisotopic (exact) mass is 236 g/mol. The lowest BCUT2D eigenvalue weighted by Gasteiger charge is -2.12. The molecular weight excluding hydrogens is 216 g/mol. The maximum atomic E-state index is 11.8. The molecule has 1 aromatic rings. The average molecular weight is 236 g/mol. The Morgan fingerprint density at radius 1 is 1.53 bits per heavy atom. The Balaban J connectivity index is 2.54. The lowest BCUT2D eigenvalue weighted by molar-refractivity contribution is -0.119. The zero-order valence-electron chi connectivity index (χ0n) is 10.1. The Morgan fingerprint density at radius 2 is 2.29 bits per heavy atom. The van der Waals surface area contributed by atoms with Crippen LogP contribution in [-0.2, 0) is 11.4 Å². The van der Waals surface area contributed by atoms with Crippen molar-refractivity contribution in [3.8, 4) is 0 Å². The van der Waals surface area contributed by atoms with Gasteiger partial charge < -0.3 is 16.2 Å². The van der Waals surface area contributed by atoms with Crippen molar-refractivity contribution in [2.75, 3.05) is 11.9 Å². The number of rotatable bonds is 6. The standard InChI is InChI=1S/C13H20N2O2/c1-10(4-3-7-14)13(17)15-12-6-2-5-11(8-12)9-16/h2,5-6,8,10,16H,3-4,7,9,14H2,1H3,(H,15,17). The van der Waals surface area contributed by atoms with Gasteiger partial charge in [0.15, 0.2) is 0 Å². The van der Waals surface area contributed by atoms with Crippen LogP contribution in [-0.4, -0.2) is 17.6 Å². The van der Waals surface area contributed by atoms with E-state index in [4.69, 9.17) is 10.8 Å². The molecule has 0 aliphatic heterocycles. The van der Waals surface area contributed by atoms with E-state index < -0.39 is 0 Å². The summed E-state index contributed by atoms with van der Waals surface area (Å²) in [5.74, 6) is -0.0510. The van der Waals surface area contributed by atoms with Gasteiger partial charge >= 0.3 is 0 Å². The van der Waals surface area contributed by atoms with E-state index >= 15 is 0 Å². The van der Waals surface area contributed by atoms with Crippen LogP contribution in [0.3, 0.4) is 0 Å². The molecule has 1 amide bonds. The first-order valence-electron chi connectivity index (χ1n) is 5.88. The van der Waals surface area contributed by atoms with Gasteiger partial charge in [0.25, 0.3) is 0 Å². The van der Waals surface area contributed by atoms with Crippen LogP contribution in [0.1, 0.15) is 25.3 Å². The molecule has 1 atom stereocenters. The molecule has 0 saturated heterocycles. The number of amides is 1. The highest BCUT2D eigenvalue weighted by atomic mass is 16.3. The lowest BCUT2D eigenvalue weighted by atomic mass is 10.0. The number of nitrogens with one attached hydrogen (secondary N) is 1. The second-order valence-electron chi connectivity index (χ2n) is 4.18. The Hall–Kier alpha value is -1.39. The molecule has 0 radical (unpaired) electrons. The molecule has 4 N–H and O–H groups in total. The van der Waals surface area contributed by atoms with Gasteiger partial charge in [-0.25, -0.2) is 0 Å². The maximum Gasteiger partial charge on any atom is 0.227 e. The van der Waals surface area contributed by atoms with Crippen molar-refractivity contribution in [1.29, 1.82) is 0 Å². The molecule has 0 bridgehead atoms. The lowest BCUT2D eigenvalue weighted by Crippen LogP contribution is -2.21. The Kier molecular flexibility index (Phi) is 5.66. The van der Waals surface area contributed by atoms with E-state index in [1.807, 2.05) is 25.1 Å². The molecule has 0 aliphatic rings. The number of benzene rings is 1. The zero-order valence-corrected chi connectivity index (χ0v) is 10.1. The van der Waals surface area contributed by atoms with Crippen molar-refractivity contribution in [2.24, 2.45) is 11.7 Å². The molecule has 4 heteroatoms. The summed E-state index contributed by atoms with van der Waals surface area (Å²) < 4.78 is 0. The smallest absolute Gasteiger partial charge is 0.227 e. The van der Waals surface area contributed by atoms with Crippen LogP contribution in [0.15, 0.2) is 24.3 Å². The molecule has 17 heavy (non-hydrogen) atoms. The topological polar surface area (TPSA) is 75.4 Å². The van der Waals surface area contributed by atoms with Crippen molar-refractivity contribution < 1.29 is 9.90 Å². The van der Waals surface area contributed by atoms with E-state index in [0.29, 0.717) is 6.54 Å². The number of hydrogen-bond donors (Lipinski definition) is 3. The van der Waals surface area contributed by atoms with Crippen LogP contribution in [0.25, 0.3) is 0 Å². The highest BCUT2D eigenvalue weighted by Gasteiger charge is 2.12. The fraction of sp³-hybridized carbons (Fsp3) is 0.462. The molecule has 0 spiro atoms. The molecule has 0 heterocycles. The van der Waals surface area contributed by atoms with Crippen molar-refractivity contribution in [3.63, 3.8) is 0 Å². The molecular formula is C13H20N2O2. The van der Waals surface area contributed by atoms with Crippen molar-refractivity contribution in [1.82, 2.24) is 0 Å². The highest BCUT2D eigenvalue weighted by molar-refractivity contribution is 5.92. The maximum absolute atomic E-state index is 11.8. The van der Waals surface area contributed by atoms with Gasteiger partial charge in [-0.05, 0) is 37.1 Å². The number of nitrogens with two attached hydrogens (primary N) is 1. The first kappa shape index (κ1) is 13.7. The van der Waals surface area contributed by atoms with Crippen LogP contribution >= 0.6 is 0 Å². The summed E-state index contributed by atoms with van der Waals surface area (Å²) in [5, 5.41) is 11.8. The van der Waals surface area contributed by atoms with Gasteiger partial charge in [0.05, 0.1) is 6.61 Å². The van der Waals surface area contributed by atoms with Gasteiger partial charge in [-0.1, -0.05) is 19.1 Å². The zero-order chi connectivity index (χ0) is 12.7. The average Bonchev–Trinajstić information content (AvgIpc) is 2.36. The molecule has 94 valence electrons. The minimum Gasteiger partial charge on any atom is -0.392 e. The summed E-state index contributed by atoms with van der Waals surface area (Å²) >= 11 is 0. The van der Waals surface area contributed by atoms with Gasteiger partial charge in [0, 0.05) is 11.6 Å². The van der Waals surface area contributed by atoms with E-state index in [9.17, 15) is 4.79 Å². The van der Waals surface area contributed by atoms with Crippen LogP contribution < -0.4 is 11.1 Å². The van der Waals surface area contributed by atoms with Crippen molar-refractivity contribution >= 4 is 11.6 Å². The van der Waals surface area contributed by atoms with Crippen LogP contribution in [0.2, 0.25) is 0 Å². The molecule has 0 aliphatic carbocycles. The first-order valence-corrected chi connectivity index (χ1v) is 5.88. The molecule has 0 fully saturated rings. The van der Waals surface area contributed by atoms with Gasteiger partial charge in [-0.2, -0.15) is 0 Å². The fourth-order valence-electron chi connectivity index (χ4n) is 1.57. The van der Waals surface area contributed by atoms with Crippen LogP contribution in [0, 0.1) is 5.92 Å². The largest absolute Gasteiger partial charge is 0.392 e. The SMILES string of the molecule is CC(CCCN)C(=O)Nc1cccc(CO)c1. The van der Waals surface area contributed by atoms with E-state index in [1.54, 1.807) is 6.07 Å². The number of anilines is 1. The van der Waals surface area contributed by atoms with E-state index in [2.05, 4.69) is 5.32 Å². The number of hydrogen-bond acceptors (Lipinski definition) is 3. The fourth-order valence-corrected chi connectivity index (χ4v) is 1.57. The quantitative estimate of drug-likeness (QED) is 0.700. The third-order valence-electron chi connectivity index (χ3n) is 2.67. The minimum absolute atomic E-state index is 0.00598. The predicted molar refractivity (Wildman–Crippen MR) is 68.4 cm³/mol. The molecule has 4 nitrogen and oxygen atoms in total. The van der Waals surface area contributed by atoms with Gasteiger partial charge in [-0.15, -0.1) is 0 Å². The summed E-state index contributed by atoms with van der Waals surface area (Å²) in [4.78, 5) is 11.8. The van der Waals surface area contributed by atoms with Crippen LogP contribution in [0.5, 0.6) is 0 Å². The third kappa shape index (κ3) is 4.54. The van der Waals surface area contributed by atoms with Gasteiger partial charge in [0.2, 0.25) is 5.91 Å². The van der Waals surface area contributed by atoms with E-state index in [0.717, 1.165) is 24.1 Å². The highest BCUT2D eigenvalue weighted by Crippen LogP contribution is 2.13. The van der Waals surface area contributed by atoms with Crippen molar-refractivity contribution in [3.05, 3.63) is 29.8 Å². The number of aliphatic hydroxyl groups excluding tert-OH is 1. The summed E-state index contributed by atoms with van der Waals surface area (Å²) in [7, 11) is 0. The summed E-state index contributed by atoms with van der Waals surface area (Å²) in [5.41, 5.74) is 6.92. The molecule has 1 rings (SSSR count). The van der Waals surface area contributed by atoms with Crippen molar-refractivity contribution in [2.45, 2.75) is 26.4 Å². The molecule has 1 aromatic carbocycles. The summed E-state index contributed by atoms with van der Waals surface area (Å²) in [6.07, 6.45) is 1.65. The van der Waals surface area contributed by atoms with Gasteiger partial charge in [0.1, 0.15) is 0 Å². The summed E-state index contributed by atoms with van der Waals surface area (Å²) in [6.45, 7) is 2.48. The predicted octanol–water partition coefficient (Wildman–Crippen LogP) is 1.49. The molecule has 1 unspecified atom stereocenters. The number of carbonyl (C=O) groups is 1. The second-order valence-corrected chi connectivity index (χ2v) is 4.18. The van der Waals surface area contributed by atoms with Gasteiger partial charge in [-0.3, -0.25) is 4.79 Å². The van der Waals surface area contributed by atoms with E-state index in [-0.39, 0.29) is 18.4 Å². The normalized spacial score (nSPS) is 12.2. The first-order chi connectivity index (χ1) is 8.17. The number of carbonyl (C=O) groups excluding carboxylic acids is 1. The van der Waals surface area contributed by atoms with Crippen LogP contribution in [0.4, 0.5) is 5.69 Å². The Labute approximate surface area is 102 Å². The second kappa shape index (κ2) is 7.04. The van der Waals surface area contributed by atoms with E-state index in [1.165, 1.54) is 0 Å². The third-order valence-corrected chi connectivity index (χ3v) is 2.67. The Bertz CT molecular complexity index is 366. The summed E-state index contributed by atoms with van der Waals surface area (Å²) in [6, 6.07) is 7.21. The molecule has 0 saturated carbocycles. The Morgan fingerprint density at radius 3 is 2.94 bits per heavy atom. The number of aliphatic hydroxyl groups is 1.